The van der Waals surface area contributed by atoms with Crippen molar-refractivity contribution in [3.8, 4) is 11.4 Å². The summed E-state index contributed by atoms with van der Waals surface area (Å²) >= 11 is 0. The molecule has 134 valence electrons. The fraction of sp³-hybridized carbons (Fsp3) is 0.318. The lowest BCUT2D eigenvalue weighted by molar-refractivity contribution is -0.134. The average molecular weight is 347 g/mol. The van der Waals surface area contributed by atoms with Crippen molar-refractivity contribution in [2.45, 2.75) is 27.2 Å². The fourth-order valence-corrected chi connectivity index (χ4v) is 3.24. The molecule has 1 unspecified atom stereocenters. The van der Waals surface area contributed by atoms with Gasteiger partial charge in [-0.15, -0.1) is 0 Å². The molecule has 0 saturated heterocycles. The molecule has 0 fully saturated rings. The first-order valence-electron chi connectivity index (χ1n) is 9.23. The third-order valence-corrected chi connectivity index (χ3v) is 4.71. The molecule has 1 amide bonds. The summed E-state index contributed by atoms with van der Waals surface area (Å²) in [7, 11) is 0. The molecule has 1 atom stereocenters. The number of aromatic nitrogens is 2. The van der Waals surface area contributed by atoms with Crippen LogP contribution in [-0.4, -0.2) is 33.9 Å². The third-order valence-electron chi connectivity index (χ3n) is 4.71. The van der Waals surface area contributed by atoms with E-state index >= 15 is 0 Å². The van der Waals surface area contributed by atoms with Crippen molar-refractivity contribution in [1.29, 1.82) is 0 Å². The minimum atomic E-state index is -0.114. The van der Waals surface area contributed by atoms with Crippen LogP contribution >= 0.6 is 0 Å². The molecule has 26 heavy (non-hydrogen) atoms. The first-order chi connectivity index (χ1) is 12.6. The number of fused-ring (bicyclic) bond motifs is 1. The van der Waals surface area contributed by atoms with Gasteiger partial charge in [0, 0.05) is 36.4 Å². The van der Waals surface area contributed by atoms with Gasteiger partial charge in [-0.25, -0.2) is 9.97 Å². The van der Waals surface area contributed by atoms with E-state index in [-0.39, 0.29) is 11.8 Å². The SMILES string of the molecule is CCN(CC)C(=O)C(C)Cc1nc(-c2ccccc2)nc2ccccc12. The largest absolute Gasteiger partial charge is 0.343 e. The number of nitrogens with zero attached hydrogens (tertiary/aromatic N) is 3. The molecule has 1 heterocycles. The van der Waals surface area contributed by atoms with E-state index in [1.165, 1.54) is 0 Å². The van der Waals surface area contributed by atoms with Crippen molar-refractivity contribution >= 4 is 16.8 Å². The second kappa shape index (κ2) is 8.09. The summed E-state index contributed by atoms with van der Waals surface area (Å²) in [5, 5.41) is 1.02. The van der Waals surface area contributed by atoms with Gasteiger partial charge in [0.15, 0.2) is 5.82 Å². The van der Waals surface area contributed by atoms with Gasteiger partial charge in [0.05, 0.1) is 11.2 Å². The van der Waals surface area contributed by atoms with Gasteiger partial charge >= 0.3 is 0 Å². The standard InChI is InChI=1S/C22H25N3O/c1-4-25(5-2)22(26)16(3)15-20-18-13-9-10-14-19(18)23-21(24-20)17-11-7-6-8-12-17/h6-14,16H,4-5,15H2,1-3H3. The van der Waals surface area contributed by atoms with Gasteiger partial charge in [0.2, 0.25) is 5.91 Å². The number of carbonyl (C=O) groups excluding carboxylic acids is 1. The molecule has 0 aliphatic carbocycles. The number of hydrogen-bond acceptors (Lipinski definition) is 3. The average Bonchev–Trinajstić information content (AvgIpc) is 2.69. The summed E-state index contributed by atoms with van der Waals surface area (Å²) < 4.78 is 0. The molecule has 0 radical (unpaired) electrons. The molecule has 0 N–H and O–H groups in total. The molecule has 3 aromatic rings. The van der Waals surface area contributed by atoms with Crippen LogP contribution in [0, 0.1) is 5.92 Å². The molecule has 4 heteroatoms. The Balaban J connectivity index is 2.00. The lowest BCUT2D eigenvalue weighted by Gasteiger charge is -2.23. The zero-order valence-electron chi connectivity index (χ0n) is 15.6. The molecule has 0 saturated carbocycles. The fourth-order valence-electron chi connectivity index (χ4n) is 3.24. The predicted octanol–water partition coefficient (Wildman–Crippen LogP) is 4.34. The van der Waals surface area contributed by atoms with Crippen molar-refractivity contribution in [3.05, 3.63) is 60.3 Å². The minimum Gasteiger partial charge on any atom is -0.343 e. The zero-order valence-corrected chi connectivity index (χ0v) is 15.6. The molecular weight excluding hydrogens is 322 g/mol. The van der Waals surface area contributed by atoms with E-state index in [4.69, 9.17) is 9.97 Å². The highest BCUT2D eigenvalue weighted by Gasteiger charge is 2.21. The molecule has 2 aromatic carbocycles. The normalized spacial score (nSPS) is 12.1. The Hall–Kier alpha value is -2.75. The summed E-state index contributed by atoms with van der Waals surface area (Å²) in [6.07, 6.45) is 0.609. The van der Waals surface area contributed by atoms with Crippen LogP contribution in [0.5, 0.6) is 0 Å². The van der Waals surface area contributed by atoms with Crippen molar-refractivity contribution in [2.75, 3.05) is 13.1 Å². The lowest BCUT2D eigenvalue weighted by Crippen LogP contribution is -2.35. The van der Waals surface area contributed by atoms with Crippen molar-refractivity contribution < 1.29 is 4.79 Å². The topological polar surface area (TPSA) is 46.1 Å². The van der Waals surface area contributed by atoms with Gasteiger partial charge in [-0.1, -0.05) is 55.5 Å². The maximum Gasteiger partial charge on any atom is 0.225 e. The minimum absolute atomic E-state index is 0.114. The number of rotatable bonds is 6. The number of hydrogen-bond donors (Lipinski definition) is 0. The summed E-state index contributed by atoms with van der Waals surface area (Å²) in [5.41, 5.74) is 2.84. The van der Waals surface area contributed by atoms with Crippen LogP contribution < -0.4 is 0 Å². The molecule has 0 aliphatic rings. The van der Waals surface area contributed by atoms with E-state index in [0.717, 1.165) is 35.2 Å². The Bertz CT molecular complexity index is 888. The van der Waals surface area contributed by atoms with Gasteiger partial charge in [-0.3, -0.25) is 4.79 Å². The maximum atomic E-state index is 12.7. The van der Waals surface area contributed by atoms with E-state index in [1.54, 1.807) is 0 Å². The van der Waals surface area contributed by atoms with Crippen LogP contribution in [-0.2, 0) is 11.2 Å². The lowest BCUT2D eigenvalue weighted by atomic mass is 10.00. The molecule has 1 aromatic heterocycles. The van der Waals surface area contributed by atoms with Crippen LogP contribution in [0.25, 0.3) is 22.3 Å². The number of carbonyl (C=O) groups is 1. The Morgan fingerprint density at radius 3 is 2.31 bits per heavy atom. The highest BCUT2D eigenvalue weighted by atomic mass is 16.2. The number of para-hydroxylation sites is 1. The smallest absolute Gasteiger partial charge is 0.225 e. The van der Waals surface area contributed by atoms with Crippen LogP contribution in [0.15, 0.2) is 54.6 Å². The third kappa shape index (κ3) is 3.74. The first kappa shape index (κ1) is 18.1. The van der Waals surface area contributed by atoms with Crippen molar-refractivity contribution in [2.24, 2.45) is 5.92 Å². The molecule has 0 spiro atoms. The summed E-state index contributed by atoms with van der Waals surface area (Å²) in [6.45, 7) is 7.49. The van der Waals surface area contributed by atoms with Gasteiger partial charge in [0.25, 0.3) is 0 Å². The molecule has 0 aliphatic heterocycles. The van der Waals surface area contributed by atoms with Gasteiger partial charge in [0.1, 0.15) is 0 Å². The Labute approximate surface area is 154 Å². The maximum absolute atomic E-state index is 12.7. The van der Waals surface area contributed by atoms with Crippen molar-refractivity contribution in [3.63, 3.8) is 0 Å². The van der Waals surface area contributed by atoms with E-state index in [0.29, 0.717) is 12.2 Å². The summed E-state index contributed by atoms with van der Waals surface area (Å²) in [6, 6.07) is 18.0. The van der Waals surface area contributed by atoms with E-state index < -0.39 is 0 Å². The Morgan fingerprint density at radius 2 is 1.62 bits per heavy atom. The van der Waals surface area contributed by atoms with Crippen LogP contribution in [0.3, 0.4) is 0 Å². The summed E-state index contributed by atoms with van der Waals surface area (Å²) in [4.78, 5) is 24.1. The second-order valence-corrected chi connectivity index (χ2v) is 6.49. The van der Waals surface area contributed by atoms with Crippen molar-refractivity contribution in [1.82, 2.24) is 14.9 Å². The van der Waals surface area contributed by atoms with Crippen LogP contribution in [0.1, 0.15) is 26.5 Å². The predicted molar refractivity (Wildman–Crippen MR) is 106 cm³/mol. The van der Waals surface area contributed by atoms with Gasteiger partial charge in [-0.05, 0) is 19.9 Å². The number of amides is 1. The van der Waals surface area contributed by atoms with E-state index in [9.17, 15) is 4.79 Å². The van der Waals surface area contributed by atoms with Crippen LogP contribution in [0.4, 0.5) is 0 Å². The van der Waals surface area contributed by atoms with Gasteiger partial charge < -0.3 is 4.90 Å². The zero-order chi connectivity index (χ0) is 18.5. The Kier molecular flexibility index (Phi) is 5.61. The quantitative estimate of drug-likeness (QED) is 0.666. The molecule has 3 rings (SSSR count). The highest BCUT2D eigenvalue weighted by Crippen LogP contribution is 2.24. The first-order valence-corrected chi connectivity index (χ1v) is 9.23. The molecule has 0 bridgehead atoms. The highest BCUT2D eigenvalue weighted by molar-refractivity contribution is 5.84. The molecule has 4 nitrogen and oxygen atoms in total. The molecular formula is C22H25N3O. The van der Waals surface area contributed by atoms with E-state index in [1.807, 2.05) is 80.3 Å². The van der Waals surface area contributed by atoms with Crippen LogP contribution in [0.2, 0.25) is 0 Å². The van der Waals surface area contributed by atoms with Gasteiger partial charge in [-0.2, -0.15) is 0 Å². The summed E-state index contributed by atoms with van der Waals surface area (Å²) in [5.74, 6) is 0.776. The Morgan fingerprint density at radius 1 is 0.962 bits per heavy atom. The second-order valence-electron chi connectivity index (χ2n) is 6.49. The van der Waals surface area contributed by atoms with E-state index in [2.05, 4.69) is 0 Å². The number of benzene rings is 2. The monoisotopic (exact) mass is 347 g/mol.